The number of esters is 8. The van der Waals surface area contributed by atoms with Gasteiger partial charge in [-0.05, 0) is 6.92 Å². The molecular weight excluding hydrogens is 744 g/mol. The summed E-state index contributed by atoms with van der Waals surface area (Å²) in [5, 5.41) is 13.3. The van der Waals surface area contributed by atoms with Gasteiger partial charge in [0.25, 0.3) is 0 Å². The van der Waals surface area contributed by atoms with Crippen molar-refractivity contribution in [3.8, 4) is 0 Å². The second-order valence-electron chi connectivity index (χ2n) is 15.8. The van der Waals surface area contributed by atoms with Gasteiger partial charge in [0, 0.05) is 65.9 Å². The zero-order valence-corrected chi connectivity index (χ0v) is 34.1. The fourth-order valence-electron chi connectivity index (χ4n) is 8.43. The number of aliphatic hydroxyl groups is 1. The molecule has 56 heavy (non-hydrogen) atoms. The second-order valence-corrected chi connectivity index (χ2v) is 15.8. The van der Waals surface area contributed by atoms with Crippen LogP contribution in [0.1, 0.15) is 96.4 Å². The van der Waals surface area contributed by atoms with Crippen LogP contribution in [-0.4, -0.2) is 113 Å². The minimum absolute atomic E-state index is 0.398. The van der Waals surface area contributed by atoms with Crippen LogP contribution in [-0.2, 0) is 81.0 Å². The lowest BCUT2D eigenvalue weighted by Gasteiger charge is -2.49. The van der Waals surface area contributed by atoms with Crippen LogP contribution in [0.5, 0.6) is 0 Å². The van der Waals surface area contributed by atoms with Gasteiger partial charge in [-0.3, -0.25) is 38.4 Å². The molecule has 2 bridgehead atoms. The maximum absolute atomic E-state index is 13.6. The highest BCUT2D eigenvalue weighted by Crippen LogP contribution is 2.62. The van der Waals surface area contributed by atoms with Crippen LogP contribution >= 0.6 is 0 Å². The molecule has 2 aliphatic heterocycles. The van der Waals surface area contributed by atoms with E-state index in [1.165, 1.54) is 41.5 Å². The zero-order chi connectivity index (χ0) is 43.0. The number of hydrogen-bond donors (Lipinski definition) is 1. The standard InChI is InChI=1S/C38H54O18/c1-16(2)34(46)53-28-17(3)27(48-19(5)39)26-31(51-22(8)42)36(14,54-24(10)44)15-37(26,55-25(11)45)38(47)18(4)29(49-20(6)40)33(56-38)35(12,13)32(52-23(9)43)30(28)50-21(7)41/h16,18,26-33,47H,3,15H2,1-2,4-14H3/t18-,26+,27?,28+,29+,30-,31-,32?,33+,36-,37-,38+/m1/s1. The minimum Gasteiger partial charge on any atom is -0.459 e. The Labute approximate surface area is 325 Å². The monoisotopic (exact) mass is 798 g/mol. The highest BCUT2D eigenvalue weighted by Gasteiger charge is 2.80. The third kappa shape index (κ3) is 8.70. The normalized spacial score (nSPS) is 36.1. The quantitative estimate of drug-likeness (QED) is 0.200. The van der Waals surface area contributed by atoms with Crippen molar-refractivity contribution < 1.29 is 86.1 Å². The van der Waals surface area contributed by atoms with E-state index in [9.17, 15) is 43.5 Å². The predicted octanol–water partition coefficient (Wildman–Crippen LogP) is 2.18. The van der Waals surface area contributed by atoms with Crippen LogP contribution in [0.3, 0.4) is 0 Å². The molecule has 12 atom stereocenters. The Balaban J connectivity index is 2.75. The number of hydrogen-bond acceptors (Lipinski definition) is 18. The van der Waals surface area contributed by atoms with E-state index in [4.69, 9.17) is 42.6 Å². The van der Waals surface area contributed by atoms with E-state index in [0.29, 0.717) is 0 Å². The Morgan fingerprint density at radius 3 is 1.57 bits per heavy atom. The van der Waals surface area contributed by atoms with Gasteiger partial charge in [-0.25, -0.2) is 0 Å². The van der Waals surface area contributed by atoms with Gasteiger partial charge < -0.3 is 47.7 Å². The summed E-state index contributed by atoms with van der Waals surface area (Å²) in [6.07, 6.45) is -13.0. The first-order valence-electron chi connectivity index (χ1n) is 18.1. The van der Waals surface area contributed by atoms with Crippen molar-refractivity contribution in [2.45, 2.75) is 156 Å². The summed E-state index contributed by atoms with van der Waals surface area (Å²) in [5.74, 6) is -14.6. The molecule has 1 aliphatic carbocycles. The van der Waals surface area contributed by atoms with E-state index in [0.717, 1.165) is 48.5 Å². The summed E-state index contributed by atoms with van der Waals surface area (Å²) in [7, 11) is 0. The minimum atomic E-state index is -2.85. The molecule has 1 saturated carbocycles. The molecule has 18 nitrogen and oxygen atoms in total. The lowest BCUT2D eigenvalue weighted by Crippen LogP contribution is -2.66. The van der Waals surface area contributed by atoms with E-state index in [2.05, 4.69) is 6.58 Å². The third-order valence-electron chi connectivity index (χ3n) is 10.4. The summed E-state index contributed by atoms with van der Waals surface area (Å²) in [6.45, 7) is 20.0. The molecule has 2 saturated heterocycles. The van der Waals surface area contributed by atoms with Gasteiger partial charge in [-0.15, -0.1) is 0 Å². The lowest BCUT2D eigenvalue weighted by atomic mass is 9.68. The number of fused-ring (bicyclic) bond motifs is 4. The summed E-state index contributed by atoms with van der Waals surface area (Å²) >= 11 is 0. The van der Waals surface area contributed by atoms with Crippen molar-refractivity contribution in [1.29, 1.82) is 0 Å². The van der Waals surface area contributed by atoms with Crippen LogP contribution in [0.15, 0.2) is 12.2 Å². The van der Waals surface area contributed by atoms with Gasteiger partial charge in [0.2, 0.25) is 5.79 Å². The fraction of sp³-hybridized carbons (Fsp3) is 0.737. The van der Waals surface area contributed by atoms with E-state index >= 15 is 0 Å². The molecule has 0 spiro atoms. The highest BCUT2D eigenvalue weighted by molar-refractivity contribution is 5.73. The Kier molecular flexibility index (Phi) is 13.5. The van der Waals surface area contributed by atoms with E-state index < -0.39 is 143 Å². The molecule has 314 valence electrons. The largest absolute Gasteiger partial charge is 0.459 e. The van der Waals surface area contributed by atoms with Gasteiger partial charge in [0.1, 0.15) is 18.3 Å². The van der Waals surface area contributed by atoms with Crippen LogP contribution < -0.4 is 0 Å². The Bertz CT molecular complexity index is 1630. The van der Waals surface area contributed by atoms with Crippen molar-refractivity contribution in [1.82, 2.24) is 0 Å². The predicted molar refractivity (Wildman–Crippen MR) is 187 cm³/mol. The first-order valence-corrected chi connectivity index (χ1v) is 18.1. The Hall–Kier alpha value is -4.58. The molecule has 18 heteroatoms. The average molecular weight is 799 g/mol. The summed E-state index contributed by atoms with van der Waals surface area (Å²) < 4.78 is 53.8. The number of ether oxygens (including phenoxy) is 9. The van der Waals surface area contributed by atoms with Crippen molar-refractivity contribution in [2.75, 3.05) is 0 Å². The number of carbonyl (C=O) groups is 8. The summed E-state index contributed by atoms with van der Waals surface area (Å²) in [6, 6.07) is 0. The van der Waals surface area contributed by atoms with Crippen molar-refractivity contribution in [3.05, 3.63) is 12.2 Å². The first kappa shape index (κ1) is 45.8. The Morgan fingerprint density at radius 1 is 0.661 bits per heavy atom. The molecule has 3 fully saturated rings. The van der Waals surface area contributed by atoms with Crippen molar-refractivity contribution in [2.24, 2.45) is 23.2 Å². The molecule has 0 radical (unpaired) electrons. The van der Waals surface area contributed by atoms with Crippen LogP contribution in [0.4, 0.5) is 0 Å². The molecule has 0 amide bonds. The molecule has 2 unspecified atom stereocenters. The van der Waals surface area contributed by atoms with Crippen molar-refractivity contribution in [3.63, 3.8) is 0 Å². The zero-order valence-electron chi connectivity index (χ0n) is 34.1. The summed E-state index contributed by atoms with van der Waals surface area (Å²) in [4.78, 5) is 105. The molecule has 3 rings (SSSR count). The fourth-order valence-corrected chi connectivity index (χ4v) is 8.43. The smallest absolute Gasteiger partial charge is 0.309 e. The SMILES string of the molecule is C=C1C(OC(C)=O)[C@H]2[C@@H](OC(C)=O)[C@](C)(OC(C)=O)C[C@]2(OC(C)=O)[C@@]2(O)O[C@@H]([C@@H](OC(C)=O)[C@H]2C)C(C)(C)C(OC(C)=O)[C@H](OC(C)=O)[C@H]1OC(=O)C(C)C. The molecule has 3 aliphatic rings. The number of carbonyl (C=O) groups excluding carboxylic acids is 8. The summed E-state index contributed by atoms with van der Waals surface area (Å²) in [5.41, 5.74) is -6.75. The molecule has 1 N–H and O–H groups in total. The maximum atomic E-state index is 13.6. The van der Waals surface area contributed by atoms with Gasteiger partial charge >= 0.3 is 47.8 Å². The van der Waals surface area contributed by atoms with Gasteiger partial charge in [-0.2, -0.15) is 0 Å². The molecule has 2 heterocycles. The van der Waals surface area contributed by atoms with E-state index in [-0.39, 0.29) is 0 Å². The van der Waals surface area contributed by atoms with Crippen LogP contribution in [0.25, 0.3) is 0 Å². The van der Waals surface area contributed by atoms with Crippen LogP contribution in [0.2, 0.25) is 0 Å². The lowest BCUT2D eigenvalue weighted by molar-refractivity contribution is -0.334. The Morgan fingerprint density at radius 2 is 1.12 bits per heavy atom. The van der Waals surface area contributed by atoms with Gasteiger partial charge in [-0.1, -0.05) is 41.2 Å². The molecule has 0 aromatic rings. The van der Waals surface area contributed by atoms with Gasteiger partial charge in [0.05, 0.1) is 17.8 Å². The molecule has 0 aromatic heterocycles. The van der Waals surface area contributed by atoms with Crippen LogP contribution in [0, 0.1) is 23.2 Å². The second kappa shape index (κ2) is 16.5. The van der Waals surface area contributed by atoms with E-state index in [1.807, 2.05) is 0 Å². The highest BCUT2D eigenvalue weighted by atomic mass is 16.7. The van der Waals surface area contributed by atoms with Gasteiger partial charge in [0.15, 0.2) is 35.6 Å². The van der Waals surface area contributed by atoms with E-state index in [1.54, 1.807) is 0 Å². The third-order valence-corrected chi connectivity index (χ3v) is 10.4. The topological polar surface area (TPSA) is 240 Å². The molecule has 0 aromatic carbocycles. The first-order chi connectivity index (χ1) is 25.6. The maximum Gasteiger partial charge on any atom is 0.309 e. The van der Waals surface area contributed by atoms with Crippen molar-refractivity contribution >= 4 is 47.8 Å². The molecular formula is C38H54O18. The average Bonchev–Trinajstić information content (AvgIpc) is 3.41. The number of rotatable bonds is 9.